The predicted octanol–water partition coefficient (Wildman–Crippen LogP) is 4.81. The number of carbonyl (C=O) groups excluding carboxylic acids is 1. The summed E-state index contributed by atoms with van der Waals surface area (Å²) >= 11 is 1.85. The lowest BCUT2D eigenvalue weighted by molar-refractivity contribution is 0.0607. The van der Waals surface area contributed by atoms with Crippen LogP contribution < -0.4 is 5.32 Å². The second-order valence-electron chi connectivity index (χ2n) is 8.48. The molecule has 2 aromatic rings. The van der Waals surface area contributed by atoms with Crippen molar-refractivity contribution in [2.24, 2.45) is 5.41 Å². The molecule has 1 N–H and O–H groups in total. The van der Waals surface area contributed by atoms with E-state index in [-0.39, 0.29) is 5.91 Å². The quantitative estimate of drug-likeness (QED) is 0.755. The van der Waals surface area contributed by atoms with Crippen molar-refractivity contribution in [3.8, 4) is 0 Å². The van der Waals surface area contributed by atoms with Crippen LogP contribution in [-0.4, -0.2) is 37.0 Å². The number of hydrogen-bond acceptors (Lipinski definition) is 3. The van der Waals surface area contributed by atoms with Crippen molar-refractivity contribution in [3.05, 3.63) is 64.7 Å². The maximum Gasteiger partial charge on any atom is 0.253 e. The zero-order valence-corrected chi connectivity index (χ0v) is 17.8. The Hall–Kier alpha value is -1.78. The molecule has 148 valence electrons. The van der Waals surface area contributed by atoms with Gasteiger partial charge in [0.25, 0.3) is 5.91 Å². The molecule has 4 rings (SSSR count). The van der Waals surface area contributed by atoms with Gasteiger partial charge >= 0.3 is 0 Å². The minimum absolute atomic E-state index is 0.194. The fourth-order valence-corrected chi connectivity index (χ4v) is 5.47. The van der Waals surface area contributed by atoms with Gasteiger partial charge in [0, 0.05) is 35.8 Å². The molecule has 0 unspecified atom stereocenters. The standard InChI is InChI=1S/C24H30N2OS/c1-18-6-7-19(2)22(14-18)28-16-20-4-3-5-21(15-20)23(27)26-12-9-24(10-13-26)8-11-25-17-24/h3-7,14-15,25H,8-13,16-17H2,1-2H3. The van der Waals surface area contributed by atoms with Gasteiger partial charge < -0.3 is 10.2 Å². The molecule has 3 nitrogen and oxygen atoms in total. The van der Waals surface area contributed by atoms with Crippen LogP contribution in [0.15, 0.2) is 47.4 Å². The maximum absolute atomic E-state index is 13.0. The average molecular weight is 395 g/mol. The highest BCUT2D eigenvalue weighted by atomic mass is 32.2. The molecule has 0 saturated carbocycles. The minimum Gasteiger partial charge on any atom is -0.339 e. The number of piperidine rings is 1. The second-order valence-corrected chi connectivity index (χ2v) is 9.49. The topological polar surface area (TPSA) is 32.3 Å². The highest BCUT2D eigenvalue weighted by Crippen LogP contribution is 2.37. The van der Waals surface area contributed by atoms with Crippen molar-refractivity contribution < 1.29 is 4.79 Å². The van der Waals surface area contributed by atoms with E-state index in [1.807, 2.05) is 23.9 Å². The number of thioether (sulfide) groups is 1. The number of carbonyl (C=O) groups is 1. The first-order valence-electron chi connectivity index (χ1n) is 10.3. The summed E-state index contributed by atoms with van der Waals surface area (Å²) < 4.78 is 0. The van der Waals surface area contributed by atoms with Crippen LogP contribution in [0.1, 0.15) is 46.3 Å². The summed E-state index contributed by atoms with van der Waals surface area (Å²) in [5.74, 6) is 1.08. The van der Waals surface area contributed by atoms with Gasteiger partial charge in [-0.15, -0.1) is 11.8 Å². The van der Waals surface area contributed by atoms with Crippen LogP contribution in [0.5, 0.6) is 0 Å². The van der Waals surface area contributed by atoms with Crippen LogP contribution in [0.25, 0.3) is 0 Å². The highest BCUT2D eigenvalue weighted by Gasteiger charge is 2.38. The minimum atomic E-state index is 0.194. The first-order valence-corrected chi connectivity index (χ1v) is 11.3. The Kier molecular flexibility index (Phi) is 5.79. The smallest absolute Gasteiger partial charge is 0.253 e. The van der Waals surface area contributed by atoms with E-state index in [9.17, 15) is 4.79 Å². The Morgan fingerprint density at radius 3 is 2.68 bits per heavy atom. The number of nitrogens with zero attached hydrogens (tertiary/aromatic N) is 1. The first kappa shape index (κ1) is 19.5. The van der Waals surface area contributed by atoms with E-state index in [1.165, 1.54) is 28.0 Å². The van der Waals surface area contributed by atoms with Crippen LogP contribution in [0.2, 0.25) is 0 Å². The van der Waals surface area contributed by atoms with Crippen molar-refractivity contribution in [2.75, 3.05) is 26.2 Å². The molecule has 2 saturated heterocycles. The summed E-state index contributed by atoms with van der Waals surface area (Å²) in [6.45, 7) is 8.33. The summed E-state index contributed by atoms with van der Waals surface area (Å²) in [5, 5.41) is 3.50. The number of hydrogen-bond donors (Lipinski definition) is 1. The van der Waals surface area contributed by atoms with Gasteiger partial charge in [-0.05, 0) is 74.4 Å². The zero-order chi connectivity index (χ0) is 19.6. The number of nitrogens with one attached hydrogen (secondary N) is 1. The predicted molar refractivity (Wildman–Crippen MR) is 117 cm³/mol. The molecular formula is C24H30N2OS. The molecule has 0 bridgehead atoms. The van der Waals surface area contributed by atoms with Gasteiger partial charge in [-0.1, -0.05) is 29.8 Å². The van der Waals surface area contributed by atoms with E-state index in [4.69, 9.17) is 0 Å². The third-order valence-corrected chi connectivity index (χ3v) is 7.58. The van der Waals surface area contributed by atoms with Gasteiger partial charge in [0.15, 0.2) is 0 Å². The molecule has 0 radical (unpaired) electrons. The fourth-order valence-electron chi connectivity index (χ4n) is 4.41. The van der Waals surface area contributed by atoms with Gasteiger partial charge in [0.2, 0.25) is 0 Å². The third-order valence-electron chi connectivity index (χ3n) is 6.36. The molecular weight excluding hydrogens is 364 g/mol. The molecule has 2 aromatic carbocycles. The summed E-state index contributed by atoms with van der Waals surface area (Å²) in [6.07, 6.45) is 3.53. The van der Waals surface area contributed by atoms with Gasteiger partial charge in [-0.25, -0.2) is 0 Å². The number of aryl methyl sites for hydroxylation is 2. The van der Waals surface area contributed by atoms with Crippen LogP contribution >= 0.6 is 11.8 Å². The fraction of sp³-hybridized carbons (Fsp3) is 0.458. The van der Waals surface area contributed by atoms with Crippen LogP contribution in [0.4, 0.5) is 0 Å². The number of benzene rings is 2. The lowest BCUT2D eigenvalue weighted by Gasteiger charge is -2.39. The zero-order valence-electron chi connectivity index (χ0n) is 17.0. The van der Waals surface area contributed by atoms with Crippen molar-refractivity contribution in [1.82, 2.24) is 10.2 Å². The van der Waals surface area contributed by atoms with Crippen LogP contribution in [0.3, 0.4) is 0 Å². The van der Waals surface area contributed by atoms with Gasteiger partial charge in [0.1, 0.15) is 0 Å². The molecule has 2 heterocycles. The number of amides is 1. The molecule has 1 amide bonds. The lowest BCUT2D eigenvalue weighted by atomic mass is 9.78. The van der Waals surface area contributed by atoms with Crippen molar-refractivity contribution in [1.29, 1.82) is 0 Å². The van der Waals surface area contributed by atoms with Gasteiger partial charge in [-0.2, -0.15) is 0 Å². The Bertz CT molecular complexity index is 847. The van der Waals surface area contributed by atoms with E-state index >= 15 is 0 Å². The largest absolute Gasteiger partial charge is 0.339 e. The summed E-state index contributed by atoms with van der Waals surface area (Å²) in [7, 11) is 0. The van der Waals surface area contributed by atoms with E-state index in [2.05, 4.69) is 54.4 Å². The Labute approximate surface area is 172 Å². The summed E-state index contributed by atoms with van der Waals surface area (Å²) in [5.41, 5.74) is 5.09. The number of likely N-dealkylation sites (tertiary alicyclic amines) is 1. The van der Waals surface area contributed by atoms with Crippen molar-refractivity contribution in [3.63, 3.8) is 0 Å². The Balaban J connectivity index is 1.39. The summed E-state index contributed by atoms with van der Waals surface area (Å²) in [6, 6.07) is 14.8. The van der Waals surface area contributed by atoms with E-state index in [1.54, 1.807) is 0 Å². The average Bonchev–Trinajstić information content (AvgIpc) is 3.17. The molecule has 28 heavy (non-hydrogen) atoms. The van der Waals surface area contributed by atoms with E-state index < -0.39 is 0 Å². The molecule has 2 aliphatic heterocycles. The maximum atomic E-state index is 13.0. The van der Waals surface area contributed by atoms with Gasteiger partial charge in [0.05, 0.1) is 0 Å². The Morgan fingerprint density at radius 2 is 1.93 bits per heavy atom. The molecule has 2 aliphatic rings. The molecule has 2 fully saturated rings. The molecule has 0 aliphatic carbocycles. The number of rotatable bonds is 4. The SMILES string of the molecule is Cc1ccc(C)c(SCc2cccc(C(=O)N3CCC4(CCNC4)CC3)c2)c1. The lowest BCUT2D eigenvalue weighted by Crippen LogP contribution is -2.44. The van der Waals surface area contributed by atoms with Crippen LogP contribution in [0, 0.1) is 19.3 Å². The van der Waals surface area contributed by atoms with Crippen molar-refractivity contribution in [2.45, 2.75) is 43.8 Å². The first-order chi connectivity index (χ1) is 13.5. The van der Waals surface area contributed by atoms with Crippen LogP contribution in [-0.2, 0) is 5.75 Å². The molecule has 0 aromatic heterocycles. The normalized spacial score (nSPS) is 18.6. The third kappa shape index (κ3) is 4.28. The monoisotopic (exact) mass is 394 g/mol. The molecule has 0 atom stereocenters. The van der Waals surface area contributed by atoms with E-state index in [0.717, 1.165) is 50.3 Å². The van der Waals surface area contributed by atoms with E-state index in [0.29, 0.717) is 5.41 Å². The highest BCUT2D eigenvalue weighted by molar-refractivity contribution is 7.98. The molecule has 4 heteroatoms. The van der Waals surface area contributed by atoms with Gasteiger partial charge in [-0.3, -0.25) is 4.79 Å². The molecule has 1 spiro atoms. The Morgan fingerprint density at radius 1 is 1.11 bits per heavy atom. The summed E-state index contributed by atoms with van der Waals surface area (Å²) in [4.78, 5) is 16.4. The van der Waals surface area contributed by atoms with Crippen molar-refractivity contribution >= 4 is 17.7 Å². The second kappa shape index (κ2) is 8.30.